The van der Waals surface area contributed by atoms with E-state index in [1.807, 2.05) is 60.7 Å². The summed E-state index contributed by atoms with van der Waals surface area (Å²) in [5.41, 5.74) is 1.37. The Balaban J connectivity index is 2.17. The van der Waals surface area contributed by atoms with Gasteiger partial charge in [0.15, 0.2) is 0 Å². The highest BCUT2D eigenvalue weighted by molar-refractivity contribution is 5.92. The molecule has 0 fully saturated rings. The number of phenols is 1. The third-order valence-corrected chi connectivity index (χ3v) is 3.90. The average Bonchev–Trinajstić information content (AvgIpc) is 2.59. The Morgan fingerprint density at radius 3 is 2.43 bits per heavy atom. The highest BCUT2D eigenvalue weighted by atomic mass is 16.5. The van der Waals surface area contributed by atoms with Gasteiger partial charge in [-0.1, -0.05) is 66.7 Å². The van der Waals surface area contributed by atoms with Gasteiger partial charge >= 0.3 is 5.97 Å². The monoisotopic (exact) mass is 306 g/mol. The Morgan fingerprint density at radius 2 is 1.70 bits per heavy atom. The van der Waals surface area contributed by atoms with Crippen molar-refractivity contribution >= 4 is 16.7 Å². The fourth-order valence-electron chi connectivity index (χ4n) is 2.82. The van der Waals surface area contributed by atoms with Crippen LogP contribution in [0.4, 0.5) is 0 Å². The van der Waals surface area contributed by atoms with Gasteiger partial charge in [-0.05, 0) is 17.9 Å². The number of phenolic OH excluding ortho intramolecular Hbond substituents is 1. The molecule has 3 heteroatoms. The molecule has 3 rings (SSSR count). The molecule has 0 heterocycles. The van der Waals surface area contributed by atoms with Gasteiger partial charge in [-0.15, -0.1) is 0 Å². The molecule has 0 aliphatic rings. The highest BCUT2D eigenvalue weighted by Gasteiger charge is 2.27. The normalized spacial score (nSPS) is 12.0. The minimum absolute atomic E-state index is 0.130. The Morgan fingerprint density at radius 1 is 1.00 bits per heavy atom. The number of carbonyl (C=O) groups is 1. The summed E-state index contributed by atoms with van der Waals surface area (Å²) in [7, 11) is 0. The molecule has 0 saturated heterocycles. The summed E-state index contributed by atoms with van der Waals surface area (Å²) in [4.78, 5) is 12.5. The molecule has 0 aliphatic heterocycles. The maximum atomic E-state index is 12.5. The number of fused-ring (bicyclic) bond motifs is 1. The van der Waals surface area contributed by atoms with E-state index in [0.29, 0.717) is 12.2 Å². The molecule has 116 valence electrons. The topological polar surface area (TPSA) is 46.5 Å². The quantitative estimate of drug-likeness (QED) is 0.733. The van der Waals surface area contributed by atoms with Crippen LogP contribution in [0.5, 0.6) is 5.75 Å². The maximum Gasteiger partial charge on any atom is 0.318 e. The molecular weight excluding hydrogens is 288 g/mol. The Bertz CT molecular complexity index is 825. The molecule has 0 unspecified atom stereocenters. The van der Waals surface area contributed by atoms with Crippen LogP contribution in [0.3, 0.4) is 0 Å². The summed E-state index contributed by atoms with van der Waals surface area (Å²) in [5.74, 6) is -0.866. The van der Waals surface area contributed by atoms with Gasteiger partial charge in [0, 0.05) is 10.9 Å². The van der Waals surface area contributed by atoms with Gasteiger partial charge < -0.3 is 9.84 Å². The molecule has 0 saturated carbocycles. The van der Waals surface area contributed by atoms with Crippen molar-refractivity contribution in [1.29, 1.82) is 0 Å². The predicted molar refractivity (Wildman–Crippen MR) is 90.5 cm³/mol. The van der Waals surface area contributed by atoms with Gasteiger partial charge in [-0.2, -0.15) is 0 Å². The zero-order chi connectivity index (χ0) is 16.2. The molecule has 0 radical (unpaired) electrons. The van der Waals surface area contributed by atoms with E-state index in [0.717, 1.165) is 16.3 Å². The van der Waals surface area contributed by atoms with E-state index in [1.54, 1.807) is 13.0 Å². The minimum Gasteiger partial charge on any atom is -0.507 e. The van der Waals surface area contributed by atoms with Gasteiger partial charge in [0.2, 0.25) is 0 Å². The first-order valence-corrected chi connectivity index (χ1v) is 7.64. The second kappa shape index (κ2) is 6.53. The van der Waals surface area contributed by atoms with Crippen LogP contribution in [0.25, 0.3) is 10.8 Å². The number of esters is 1. The Labute approximate surface area is 135 Å². The molecule has 0 spiro atoms. The highest BCUT2D eigenvalue weighted by Crippen LogP contribution is 2.37. The van der Waals surface area contributed by atoms with Gasteiger partial charge in [-0.3, -0.25) is 4.79 Å². The largest absolute Gasteiger partial charge is 0.507 e. The molecule has 0 aliphatic carbocycles. The second-order valence-corrected chi connectivity index (χ2v) is 5.32. The molecule has 1 N–H and O–H groups in total. The first kappa shape index (κ1) is 15.1. The summed E-state index contributed by atoms with van der Waals surface area (Å²) in [5, 5.41) is 12.4. The van der Waals surface area contributed by atoms with Crippen molar-refractivity contribution in [2.45, 2.75) is 12.8 Å². The molecular formula is C20H18O3. The number of benzene rings is 3. The molecule has 1 atom stereocenters. The molecule has 0 amide bonds. The lowest BCUT2D eigenvalue weighted by molar-refractivity contribution is -0.143. The molecule has 3 aromatic rings. The lowest BCUT2D eigenvalue weighted by atomic mass is 9.89. The summed E-state index contributed by atoms with van der Waals surface area (Å²) in [6, 6.07) is 20.7. The van der Waals surface area contributed by atoms with Crippen molar-refractivity contribution in [2.24, 2.45) is 0 Å². The first-order chi connectivity index (χ1) is 11.2. The lowest BCUT2D eigenvalue weighted by Gasteiger charge is -2.18. The van der Waals surface area contributed by atoms with Crippen molar-refractivity contribution in [2.75, 3.05) is 6.61 Å². The van der Waals surface area contributed by atoms with E-state index in [2.05, 4.69) is 0 Å². The first-order valence-electron chi connectivity index (χ1n) is 7.64. The van der Waals surface area contributed by atoms with Crippen molar-refractivity contribution in [1.82, 2.24) is 0 Å². The average molecular weight is 306 g/mol. The van der Waals surface area contributed by atoms with E-state index in [-0.39, 0.29) is 11.7 Å². The van der Waals surface area contributed by atoms with Gasteiger partial charge in [0.05, 0.1) is 6.61 Å². The van der Waals surface area contributed by atoms with Crippen LogP contribution in [-0.2, 0) is 9.53 Å². The fraction of sp³-hybridized carbons (Fsp3) is 0.150. The maximum absolute atomic E-state index is 12.5. The molecule has 23 heavy (non-hydrogen) atoms. The van der Waals surface area contributed by atoms with Gasteiger partial charge in [-0.25, -0.2) is 0 Å². The lowest BCUT2D eigenvalue weighted by Crippen LogP contribution is -2.17. The zero-order valence-corrected chi connectivity index (χ0v) is 12.9. The van der Waals surface area contributed by atoms with Crippen LogP contribution in [0.2, 0.25) is 0 Å². The fourth-order valence-corrected chi connectivity index (χ4v) is 2.82. The number of aromatic hydroxyl groups is 1. The van der Waals surface area contributed by atoms with Crippen LogP contribution in [0, 0.1) is 0 Å². The van der Waals surface area contributed by atoms with Crippen LogP contribution < -0.4 is 0 Å². The zero-order valence-electron chi connectivity index (χ0n) is 12.9. The van der Waals surface area contributed by atoms with E-state index in [4.69, 9.17) is 4.74 Å². The molecule has 3 aromatic carbocycles. The van der Waals surface area contributed by atoms with E-state index >= 15 is 0 Å². The smallest absolute Gasteiger partial charge is 0.318 e. The Kier molecular flexibility index (Phi) is 4.29. The van der Waals surface area contributed by atoms with Crippen LogP contribution in [-0.4, -0.2) is 17.7 Å². The number of carbonyl (C=O) groups excluding carboxylic acids is 1. The number of hydrogen-bond acceptors (Lipinski definition) is 3. The van der Waals surface area contributed by atoms with Crippen molar-refractivity contribution in [3.63, 3.8) is 0 Å². The summed E-state index contributed by atoms with van der Waals surface area (Å²) < 4.78 is 5.23. The van der Waals surface area contributed by atoms with Crippen molar-refractivity contribution in [3.8, 4) is 5.75 Å². The van der Waals surface area contributed by atoms with E-state index in [9.17, 15) is 9.90 Å². The second-order valence-electron chi connectivity index (χ2n) is 5.32. The van der Waals surface area contributed by atoms with E-state index < -0.39 is 5.92 Å². The van der Waals surface area contributed by atoms with Gasteiger partial charge in [0.1, 0.15) is 11.7 Å². The van der Waals surface area contributed by atoms with Crippen LogP contribution in [0.15, 0.2) is 66.7 Å². The van der Waals surface area contributed by atoms with Gasteiger partial charge in [0.25, 0.3) is 0 Å². The van der Waals surface area contributed by atoms with Crippen molar-refractivity contribution < 1.29 is 14.6 Å². The van der Waals surface area contributed by atoms with Crippen molar-refractivity contribution in [3.05, 3.63) is 77.9 Å². The van der Waals surface area contributed by atoms with Crippen LogP contribution >= 0.6 is 0 Å². The minimum atomic E-state index is -0.638. The summed E-state index contributed by atoms with van der Waals surface area (Å²) in [6.45, 7) is 2.08. The summed E-state index contributed by atoms with van der Waals surface area (Å²) >= 11 is 0. The molecule has 0 bridgehead atoms. The molecule has 3 nitrogen and oxygen atoms in total. The standard InChI is InChI=1S/C20H18O3/c1-2-23-20(22)18(15-9-4-3-5-10-15)17-13-12-14-8-6-7-11-16(14)19(17)21/h3-13,18,21H,2H2,1H3/t18-/m1/s1. The Hall–Kier alpha value is -2.81. The predicted octanol–water partition coefficient (Wildman–Crippen LogP) is 4.24. The van der Waals surface area contributed by atoms with Crippen LogP contribution in [0.1, 0.15) is 24.0 Å². The number of rotatable bonds is 4. The number of hydrogen-bond donors (Lipinski definition) is 1. The third-order valence-electron chi connectivity index (χ3n) is 3.90. The molecule has 0 aromatic heterocycles. The summed E-state index contributed by atoms with van der Waals surface area (Å²) in [6.07, 6.45) is 0. The number of ether oxygens (including phenoxy) is 1. The van der Waals surface area contributed by atoms with E-state index in [1.165, 1.54) is 0 Å². The SMILES string of the molecule is CCOC(=O)[C@H](c1ccccc1)c1ccc2ccccc2c1O. The third kappa shape index (κ3) is 2.90.